The van der Waals surface area contributed by atoms with Crippen LogP contribution in [0.3, 0.4) is 0 Å². The zero-order chi connectivity index (χ0) is 17.4. The van der Waals surface area contributed by atoms with E-state index in [1.165, 1.54) is 11.0 Å². The Hall–Kier alpha value is -3.56. The van der Waals surface area contributed by atoms with Crippen molar-refractivity contribution in [2.45, 2.75) is 5.92 Å². The third-order valence-corrected chi connectivity index (χ3v) is 3.84. The maximum atomic E-state index is 12.2. The van der Waals surface area contributed by atoms with Crippen LogP contribution in [0.4, 0.5) is 5.88 Å². The van der Waals surface area contributed by atoms with E-state index >= 15 is 0 Å². The smallest absolute Gasteiger partial charge is 0.395 e. The van der Waals surface area contributed by atoms with Gasteiger partial charge in [0.2, 0.25) is 11.7 Å². The first-order valence-electron chi connectivity index (χ1n) is 7.40. The number of aromatic nitrogens is 3. The number of likely N-dealkylation sites (tertiary alicyclic amines) is 1. The van der Waals surface area contributed by atoms with Gasteiger partial charge in [0.25, 0.3) is 5.91 Å². The summed E-state index contributed by atoms with van der Waals surface area (Å²) < 4.78 is 10.2. The van der Waals surface area contributed by atoms with Crippen molar-refractivity contribution in [1.82, 2.24) is 20.0 Å². The molecular formula is C15H11N5O5. The lowest BCUT2D eigenvalue weighted by molar-refractivity contribution is -0.402. The summed E-state index contributed by atoms with van der Waals surface area (Å²) >= 11 is 0. The van der Waals surface area contributed by atoms with Gasteiger partial charge < -0.3 is 13.8 Å². The van der Waals surface area contributed by atoms with Crippen LogP contribution in [0.2, 0.25) is 0 Å². The minimum atomic E-state index is -0.687. The zero-order valence-corrected chi connectivity index (χ0v) is 12.7. The first-order valence-corrected chi connectivity index (χ1v) is 7.40. The highest BCUT2D eigenvalue weighted by Crippen LogP contribution is 2.29. The van der Waals surface area contributed by atoms with Gasteiger partial charge in [-0.15, -0.1) is 0 Å². The highest BCUT2D eigenvalue weighted by Gasteiger charge is 2.37. The molecule has 0 spiro atoms. The monoisotopic (exact) mass is 341 g/mol. The molecule has 3 aromatic heterocycles. The minimum Gasteiger partial charge on any atom is -0.395 e. The summed E-state index contributed by atoms with van der Waals surface area (Å²) in [7, 11) is 0. The van der Waals surface area contributed by atoms with Crippen LogP contribution in [0.5, 0.6) is 0 Å². The van der Waals surface area contributed by atoms with Gasteiger partial charge in [-0.25, -0.2) is 0 Å². The molecule has 0 atom stereocenters. The summed E-state index contributed by atoms with van der Waals surface area (Å²) in [6, 6.07) is 7.83. The van der Waals surface area contributed by atoms with Crippen molar-refractivity contribution in [3.05, 3.63) is 58.3 Å². The predicted molar refractivity (Wildman–Crippen MR) is 81.5 cm³/mol. The van der Waals surface area contributed by atoms with E-state index in [2.05, 4.69) is 15.1 Å². The highest BCUT2D eigenvalue weighted by atomic mass is 16.6. The molecule has 1 aliphatic heterocycles. The Kier molecular flexibility index (Phi) is 3.49. The van der Waals surface area contributed by atoms with Crippen molar-refractivity contribution in [3.63, 3.8) is 0 Å². The fourth-order valence-corrected chi connectivity index (χ4v) is 2.50. The lowest BCUT2D eigenvalue weighted by atomic mass is 10.00. The lowest BCUT2D eigenvalue weighted by Gasteiger charge is -2.36. The maximum Gasteiger partial charge on any atom is 0.433 e. The number of hydrogen-bond acceptors (Lipinski definition) is 8. The van der Waals surface area contributed by atoms with E-state index in [0.29, 0.717) is 30.5 Å². The van der Waals surface area contributed by atoms with Gasteiger partial charge in [0, 0.05) is 19.3 Å². The number of carbonyl (C=O) groups excluding carboxylic acids is 1. The number of carbonyl (C=O) groups is 1. The Morgan fingerprint density at radius 2 is 2.12 bits per heavy atom. The van der Waals surface area contributed by atoms with E-state index in [0.717, 1.165) is 6.07 Å². The van der Waals surface area contributed by atoms with Crippen molar-refractivity contribution in [2.75, 3.05) is 13.1 Å². The molecule has 0 aromatic carbocycles. The molecule has 0 aliphatic carbocycles. The van der Waals surface area contributed by atoms with E-state index in [9.17, 15) is 14.9 Å². The van der Waals surface area contributed by atoms with Gasteiger partial charge in [0.05, 0.1) is 12.0 Å². The van der Waals surface area contributed by atoms with Gasteiger partial charge in [-0.05, 0) is 18.2 Å². The molecule has 0 bridgehead atoms. The number of nitrogens with zero attached hydrogens (tertiary/aromatic N) is 5. The normalized spacial score (nSPS) is 14.3. The molecule has 1 aliphatic rings. The van der Waals surface area contributed by atoms with Gasteiger partial charge >= 0.3 is 5.88 Å². The van der Waals surface area contributed by atoms with Gasteiger partial charge in [0.15, 0.2) is 5.76 Å². The topological polar surface area (TPSA) is 128 Å². The molecule has 10 nitrogen and oxygen atoms in total. The molecule has 1 fully saturated rings. The van der Waals surface area contributed by atoms with Crippen LogP contribution in [0.1, 0.15) is 22.4 Å². The third-order valence-electron chi connectivity index (χ3n) is 3.84. The maximum absolute atomic E-state index is 12.2. The van der Waals surface area contributed by atoms with Crippen LogP contribution in [0.15, 0.2) is 45.5 Å². The van der Waals surface area contributed by atoms with Crippen molar-refractivity contribution >= 4 is 11.8 Å². The lowest BCUT2D eigenvalue weighted by Crippen LogP contribution is -2.48. The van der Waals surface area contributed by atoms with Crippen molar-refractivity contribution in [2.24, 2.45) is 0 Å². The average Bonchev–Trinajstić information content (AvgIpc) is 3.24. The zero-order valence-electron chi connectivity index (χ0n) is 12.7. The largest absolute Gasteiger partial charge is 0.433 e. The molecule has 3 aromatic rings. The summed E-state index contributed by atoms with van der Waals surface area (Å²) in [5.41, 5.74) is 0.604. The molecule has 1 saturated heterocycles. The molecule has 25 heavy (non-hydrogen) atoms. The van der Waals surface area contributed by atoms with Gasteiger partial charge in [-0.1, -0.05) is 11.2 Å². The second-order valence-corrected chi connectivity index (χ2v) is 5.47. The quantitative estimate of drug-likeness (QED) is 0.519. The molecule has 0 radical (unpaired) electrons. The second-order valence-electron chi connectivity index (χ2n) is 5.47. The summed E-state index contributed by atoms with van der Waals surface area (Å²) in [4.78, 5) is 32.1. The molecule has 4 rings (SSSR count). The molecule has 126 valence electrons. The standard InChI is InChI=1S/C15H11N5O5/c21-15(11-4-5-12(24-11)20(22)23)19-7-9(8-19)14-17-13(18-25-14)10-3-1-2-6-16-10/h1-6,9H,7-8H2. The Morgan fingerprint density at radius 1 is 1.28 bits per heavy atom. The van der Waals surface area contributed by atoms with E-state index in [4.69, 9.17) is 8.94 Å². The van der Waals surface area contributed by atoms with Gasteiger partial charge in [0.1, 0.15) is 10.6 Å². The Bertz CT molecular complexity index is 929. The number of pyridine rings is 1. The number of hydrogen-bond donors (Lipinski definition) is 0. The third kappa shape index (κ3) is 2.73. The highest BCUT2D eigenvalue weighted by molar-refractivity contribution is 5.92. The number of furan rings is 1. The Morgan fingerprint density at radius 3 is 2.80 bits per heavy atom. The number of amides is 1. The molecule has 4 heterocycles. The average molecular weight is 341 g/mol. The molecule has 0 saturated carbocycles. The number of rotatable bonds is 4. The molecule has 1 amide bonds. The summed E-state index contributed by atoms with van der Waals surface area (Å²) in [5, 5.41) is 14.5. The van der Waals surface area contributed by atoms with Crippen LogP contribution < -0.4 is 0 Å². The fourth-order valence-electron chi connectivity index (χ4n) is 2.50. The Balaban J connectivity index is 1.41. The van der Waals surface area contributed by atoms with E-state index in [-0.39, 0.29) is 11.7 Å². The van der Waals surface area contributed by atoms with E-state index in [1.807, 2.05) is 6.07 Å². The minimum absolute atomic E-state index is 0.0650. The van der Waals surface area contributed by atoms with Crippen molar-refractivity contribution in [1.29, 1.82) is 0 Å². The first-order chi connectivity index (χ1) is 12.1. The summed E-state index contributed by atoms with van der Waals surface area (Å²) in [6.07, 6.45) is 1.64. The molecular weight excluding hydrogens is 330 g/mol. The first kappa shape index (κ1) is 15.0. The summed E-state index contributed by atoms with van der Waals surface area (Å²) in [5.74, 6) is -0.202. The van der Waals surface area contributed by atoms with Gasteiger partial charge in [-0.3, -0.25) is 19.9 Å². The molecule has 10 heteroatoms. The van der Waals surface area contributed by atoms with E-state index in [1.54, 1.807) is 18.3 Å². The van der Waals surface area contributed by atoms with Crippen LogP contribution in [0.25, 0.3) is 11.5 Å². The number of nitro groups is 1. The second kappa shape index (κ2) is 5.82. The molecule has 0 N–H and O–H groups in total. The van der Waals surface area contributed by atoms with Crippen LogP contribution >= 0.6 is 0 Å². The fraction of sp³-hybridized carbons (Fsp3) is 0.200. The predicted octanol–water partition coefficient (Wildman–Crippen LogP) is 1.87. The van der Waals surface area contributed by atoms with Gasteiger partial charge in [-0.2, -0.15) is 4.98 Å². The Labute approximate surface area is 140 Å². The van der Waals surface area contributed by atoms with E-state index < -0.39 is 16.7 Å². The van der Waals surface area contributed by atoms with Crippen molar-refractivity contribution in [3.8, 4) is 11.5 Å². The van der Waals surface area contributed by atoms with Crippen LogP contribution in [-0.4, -0.2) is 43.9 Å². The van der Waals surface area contributed by atoms with Crippen LogP contribution in [0, 0.1) is 10.1 Å². The summed E-state index contributed by atoms with van der Waals surface area (Å²) in [6.45, 7) is 0.744. The van der Waals surface area contributed by atoms with Crippen LogP contribution in [-0.2, 0) is 0 Å². The SMILES string of the molecule is O=C(c1ccc([N+](=O)[O-])o1)N1CC(c2nc(-c3ccccn3)no2)C1. The van der Waals surface area contributed by atoms with Crippen molar-refractivity contribution < 1.29 is 18.7 Å². The molecule has 0 unspecified atom stereocenters.